The summed E-state index contributed by atoms with van der Waals surface area (Å²) < 4.78 is 0. The van der Waals surface area contributed by atoms with Crippen LogP contribution in [-0.2, 0) is 16.0 Å². The molecule has 1 aromatic heterocycles. The van der Waals surface area contributed by atoms with E-state index < -0.39 is 12.0 Å². The Morgan fingerprint density at radius 1 is 1.43 bits per heavy atom. The fourth-order valence-electron chi connectivity index (χ4n) is 2.07. The molecule has 0 spiro atoms. The van der Waals surface area contributed by atoms with Crippen molar-refractivity contribution in [2.75, 3.05) is 13.6 Å². The van der Waals surface area contributed by atoms with Gasteiger partial charge in [-0.15, -0.1) is 0 Å². The number of aromatic nitrogens is 2. The van der Waals surface area contributed by atoms with Crippen LogP contribution < -0.4 is 10.6 Å². The van der Waals surface area contributed by atoms with Gasteiger partial charge in [0.1, 0.15) is 6.04 Å². The van der Waals surface area contributed by atoms with Crippen LogP contribution in [0.25, 0.3) is 0 Å². The minimum atomic E-state index is -0.838. The highest BCUT2D eigenvalue weighted by atomic mass is 16.4. The van der Waals surface area contributed by atoms with Gasteiger partial charge in [-0.05, 0) is 26.3 Å². The number of imidazole rings is 1. The maximum absolute atomic E-state index is 11.9. The minimum Gasteiger partial charge on any atom is -0.480 e. The number of carbonyl (C=O) groups is 2. The number of hydrogen-bond acceptors (Lipinski definition) is 4. The molecule has 0 unspecified atom stereocenters. The van der Waals surface area contributed by atoms with Gasteiger partial charge in [-0.3, -0.25) is 9.59 Å². The van der Waals surface area contributed by atoms with Gasteiger partial charge < -0.3 is 20.7 Å². The molecule has 1 amide bonds. The topological polar surface area (TPSA) is 107 Å². The zero-order chi connectivity index (χ0) is 15.7. The van der Waals surface area contributed by atoms with Crippen LogP contribution in [0.3, 0.4) is 0 Å². The highest BCUT2D eigenvalue weighted by molar-refractivity contribution is 5.78. The fourth-order valence-corrected chi connectivity index (χ4v) is 2.07. The SMILES string of the molecule is CN[C@@H](CCCCNC(=O)[C@H](C)Cc1cnc[nH]1)C(=O)O. The third-order valence-electron chi connectivity index (χ3n) is 3.39. The Morgan fingerprint density at radius 3 is 2.76 bits per heavy atom. The number of aromatic amines is 1. The first-order valence-electron chi connectivity index (χ1n) is 7.19. The second-order valence-electron chi connectivity index (χ2n) is 5.15. The number of nitrogens with one attached hydrogen (secondary N) is 3. The van der Waals surface area contributed by atoms with E-state index in [1.165, 1.54) is 0 Å². The molecule has 1 heterocycles. The van der Waals surface area contributed by atoms with E-state index in [1.54, 1.807) is 19.6 Å². The van der Waals surface area contributed by atoms with Crippen LogP contribution in [-0.4, -0.2) is 46.6 Å². The molecule has 1 rings (SSSR count). The second-order valence-corrected chi connectivity index (χ2v) is 5.15. The van der Waals surface area contributed by atoms with Crippen molar-refractivity contribution in [3.8, 4) is 0 Å². The smallest absolute Gasteiger partial charge is 0.320 e. The molecule has 4 N–H and O–H groups in total. The zero-order valence-corrected chi connectivity index (χ0v) is 12.6. The summed E-state index contributed by atoms with van der Waals surface area (Å²) in [4.78, 5) is 29.6. The summed E-state index contributed by atoms with van der Waals surface area (Å²) in [5.41, 5.74) is 0.941. The average Bonchev–Trinajstić information content (AvgIpc) is 2.94. The van der Waals surface area contributed by atoms with Crippen LogP contribution in [0.5, 0.6) is 0 Å². The molecule has 0 aliphatic heterocycles. The summed E-state index contributed by atoms with van der Waals surface area (Å²) in [5, 5.41) is 14.5. The van der Waals surface area contributed by atoms with Gasteiger partial charge in [-0.1, -0.05) is 6.92 Å². The number of likely N-dealkylation sites (N-methyl/N-ethyl adjacent to an activating group) is 1. The Labute approximate surface area is 124 Å². The highest BCUT2D eigenvalue weighted by Crippen LogP contribution is 2.05. The Bertz CT molecular complexity index is 433. The molecule has 0 bridgehead atoms. The molecule has 0 fully saturated rings. The van der Waals surface area contributed by atoms with Crippen LogP contribution in [0.2, 0.25) is 0 Å². The summed E-state index contributed by atoms with van der Waals surface area (Å²) in [5.74, 6) is -0.947. The van der Waals surface area contributed by atoms with E-state index in [2.05, 4.69) is 20.6 Å². The van der Waals surface area contributed by atoms with E-state index >= 15 is 0 Å². The van der Waals surface area contributed by atoms with Crippen LogP contribution in [0.15, 0.2) is 12.5 Å². The molecule has 0 radical (unpaired) electrons. The van der Waals surface area contributed by atoms with E-state index in [4.69, 9.17) is 5.11 Å². The number of aliphatic carboxylic acids is 1. The third-order valence-corrected chi connectivity index (χ3v) is 3.39. The van der Waals surface area contributed by atoms with E-state index in [9.17, 15) is 9.59 Å². The van der Waals surface area contributed by atoms with E-state index in [-0.39, 0.29) is 11.8 Å². The summed E-state index contributed by atoms with van der Waals surface area (Å²) in [6, 6.07) is -0.514. The predicted molar refractivity (Wildman–Crippen MR) is 78.8 cm³/mol. The molecule has 21 heavy (non-hydrogen) atoms. The number of carboxylic acid groups (broad SMARTS) is 1. The van der Waals surface area contributed by atoms with E-state index in [1.807, 2.05) is 6.92 Å². The van der Waals surface area contributed by atoms with Gasteiger partial charge in [0.2, 0.25) is 5.91 Å². The quantitative estimate of drug-likeness (QED) is 0.472. The molecule has 0 aliphatic rings. The van der Waals surface area contributed by atoms with Crippen LogP contribution >= 0.6 is 0 Å². The van der Waals surface area contributed by atoms with Gasteiger partial charge in [-0.25, -0.2) is 4.98 Å². The van der Waals surface area contributed by atoms with Crippen molar-refractivity contribution < 1.29 is 14.7 Å². The van der Waals surface area contributed by atoms with Crippen molar-refractivity contribution in [3.05, 3.63) is 18.2 Å². The molecule has 7 heteroatoms. The van der Waals surface area contributed by atoms with Crippen molar-refractivity contribution in [1.82, 2.24) is 20.6 Å². The molecule has 0 saturated heterocycles. The molecule has 0 aromatic carbocycles. The van der Waals surface area contributed by atoms with Gasteiger partial charge in [0.25, 0.3) is 0 Å². The Morgan fingerprint density at radius 2 is 2.19 bits per heavy atom. The van der Waals surface area contributed by atoms with Crippen LogP contribution in [0.4, 0.5) is 0 Å². The Hall–Kier alpha value is -1.89. The molecular formula is C14H24N4O3. The van der Waals surface area contributed by atoms with Gasteiger partial charge in [0.05, 0.1) is 6.33 Å². The Balaban J connectivity index is 2.14. The van der Waals surface area contributed by atoms with Crippen molar-refractivity contribution in [1.29, 1.82) is 0 Å². The third kappa shape index (κ3) is 6.40. The maximum Gasteiger partial charge on any atom is 0.320 e. The average molecular weight is 296 g/mol. The number of hydrogen-bond donors (Lipinski definition) is 4. The van der Waals surface area contributed by atoms with Gasteiger partial charge >= 0.3 is 5.97 Å². The monoisotopic (exact) mass is 296 g/mol. The molecule has 2 atom stereocenters. The molecule has 0 aliphatic carbocycles. The molecular weight excluding hydrogens is 272 g/mol. The van der Waals surface area contributed by atoms with Crippen molar-refractivity contribution in [3.63, 3.8) is 0 Å². The van der Waals surface area contributed by atoms with Crippen LogP contribution in [0.1, 0.15) is 31.9 Å². The lowest BCUT2D eigenvalue weighted by molar-refractivity contribution is -0.139. The van der Waals surface area contributed by atoms with E-state index in [0.29, 0.717) is 19.4 Å². The van der Waals surface area contributed by atoms with Gasteiger partial charge in [-0.2, -0.15) is 0 Å². The minimum absolute atomic E-state index is 0.00741. The van der Waals surface area contributed by atoms with Crippen molar-refractivity contribution >= 4 is 11.9 Å². The summed E-state index contributed by atoms with van der Waals surface area (Å²) in [7, 11) is 1.64. The number of H-pyrrole nitrogens is 1. The van der Waals surface area contributed by atoms with Gasteiger partial charge in [0, 0.05) is 30.8 Å². The number of nitrogens with zero attached hydrogens (tertiary/aromatic N) is 1. The number of amides is 1. The largest absolute Gasteiger partial charge is 0.480 e. The first kappa shape index (κ1) is 17.2. The lowest BCUT2D eigenvalue weighted by Gasteiger charge is -2.12. The van der Waals surface area contributed by atoms with E-state index in [0.717, 1.165) is 18.5 Å². The number of carboxylic acids is 1. The first-order valence-corrected chi connectivity index (χ1v) is 7.19. The Kier molecular flexibility index (Phi) is 7.45. The molecule has 118 valence electrons. The van der Waals surface area contributed by atoms with Gasteiger partial charge in [0.15, 0.2) is 0 Å². The normalized spacial score (nSPS) is 13.6. The summed E-state index contributed by atoms with van der Waals surface area (Å²) in [6.45, 7) is 2.44. The van der Waals surface area contributed by atoms with Crippen molar-refractivity contribution in [2.24, 2.45) is 5.92 Å². The molecule has 1 aromatic rings. The van der Waals surface area contributed by atoms with Crippen LogP contribution in [0, 0.1) is 5.92 Å². The van der Waals surface area contributed by atoms with Crippen molar-refractivity contribution in [2.45, 2.75) is 38.6 Å². The lowest BCUT2D eigenvalue weighted by atomic mass is 10.1. The highest BCUT2D eigenvalue weighted by Gasteiger charge is 2.15. The number of rotatable bonds is 10. The second kappa shape index (κ2) is 9.12. The fraction of sp³-hybridized carbons (Fsp3) is 0.643. The molecule has 0 saturated carbocycles. The standard InChI is InChI=1S/C14H24N4O3/c1-10(7-11-8-16-9-18-11)13(19)17-6-4-3-5-12(15-2)14(20)21/h8-10,12,15H,3-7H2,1-2H3,(H,16,18)(H,17,19)(H,20,21)/t10-,12+/m1/s1. The number of unbranched alkanes of at least 4 members (excludes halogenated alkanes) is 1. The molecule has 7 nitrogen and oxygen atoms in total. The summed E-state index contributed by atoms with van der Waals surface area (Å²) in [6.07, 6.45) is 6.03. The lowest BCUT2D eigenvalue weighted by Crippen LogP contribution is -2.34. The summed E-state index contributed by atoms with van der Waals surface area (Å²) >= 11 is 0. The predicted octanol–water partition coefficient (Wildman–Crippen LogP) is 0.547. The zero-order valence-electron chi connectivity index (χ0n) is 12.6. The maximum atomic E-state index is 11.9. The number of carbonyl (C=O) groups excluding carboxylic acids is 1. The first-order chi connectivity index (χ1) is 10.0.